The maximum atomic E-state index is 12.7. The van der Waals surface area contributed by atoms with Crippen molar-refractivity contribution in [2.45, 2.75) is 0 Å². The molecular weight excluding hydrogens is 358 g/mol. The fourth-order valence-corrected chi connectivity index (χ4v) is 3.02. The molecule has 2 aromatic carbocycles. The summed E-state index contributed by atoms with van der Waals surface area (Å²) in [6.07, 6.45) is 1.39. The van der Waals surface area contributed by atoms with Gasteiger partial charge in [0.1, 0.15) is 5.70 Å². The summed E-state index contributed by atoms with van der Waals surface area (Å²) >= 11 is 5.23. The van der Waals surface area contributed by atoms with Crippen molar-refractivity contribution >= 4 is 40.7 Å². The number of carbonyl (C=O) groups excluding carboxylic acids is 1. The van der Waals surface area contributed by atoms with E-state index in [1.165, 1.54) is 23.1 Å². The van der Waals surface area contributed by atoms with Gasteiger partial charge in [0.05, 0.1) is 22.2 Å². The predicted molar refractivity (Wildman–Crippen MR) is 96.9 cm³/mol. The van der Waals surface area contributed by atoms with Gasteiger partial charge in [0, 0.05) is 0 Å². The number of nitrogens with zero attached hydrogens (tertiary/aromatic N) is 2. The summed E-state index contributed by atoms with van der Waals surface area (Å²) in [6, 6.07) is 11.6. The predicted octanol–water partition coefficient (Wildman–Crippen LogP) is 2.59. The number of benzene rings is 2. The van der Waals surface area contributed by atoms with E-state index in [0.29, 0.717) is 17.2 Å². The fourth-order valence-electron chi connectivity index (χ4n) is 2.72. The number of hydrogen-bond acceptors (Lipinski definition) is 6. The van der Waals surface area contributed by atoms with Gasteiger partial charge in [-0.15, -0.1) is 0 Å². The molecule has 4 rings (SSSR count). The number of anilines is 1. The van der Waals surface area contributed by atoms with Crippen molar-refractivity contribution in [1.29, 1.82) is 0 Å². The van der Waals surface area contributed by atoms with Crippen molar-refractivity contribution in [2.24, 2.45) is 0 Å². The van der Waals surface area contributed by atoms with E-state index in [1.807, 2.05) is 6.07 Å². The third-order valence-electron chi connectivity index (χ3n) is 3.91. The molecule has 1 N–H and O–H groups in total. The number of thiocarbonyl (C=S) groups is 1. The second kappa shape index (κ2) is 6.12. The monoisotopic (exact) mass is 369 g/mol. The van der Waals surface area contributed by atoms with Crippen LogP contribution in [0.3, 0.4) is 0 Å². The molecule has 0 spiro atoms. The Morgan fingerprint density at radius 1 is 1.19 bits per heavy atom. The van der Waals surface area contributed by atoms with Crippen LogP contribution in [0.25, 0.3) is 6.08 Å². The molecule has 2 aromatic rings. The first-order valence-electron chi connectivity index (χ1n) is 7.55. The van der Waals surface area contributed by atoms with Gasteiger partial charge in [-0.1, -0.05) is 18.2 Å². The number of amides is 1. The zero-order valence-corrected chi connectivity index (χ0v) is 14.0. The second-order valence-corrected chi connectivity index (χ2v) is 5.87. The highest BCUT2D eigenvalue weighted by Gasteiger charge is 2.33. The highest BCUT2D eigenvalue weighted by atomic mass is 32.1. The standard InChI is InChI=1S/C17H11N3O5S/c21-16-12(18-17(26)19(16)11-4-2-1-3-5-11)6-10-7-14-15(25-9-24-14)8-13(10)20(22)23/h1-8H,9H2,(H,18,26)/b12-6+. The topological polar surface area (TPSA) is 93.9 Å². The Morgan fingerprint density at radius 2 is 1.88 bits per heavy atom. The summed E-state index contributed by atoms with van der Waals surface area (Å²) in [5, 5.41) is 14.4. The molecule has 0 radical (unpaired) electrons. The minimum Gasteiger partial charge on any atom is -0.454 e. The molecule has 0 atom stereocenters. The normalized spacial score (nSPS) is 16.9. The lowest BCUT2D eigenvalue weighted by molar-refractivity contribution is -0.385. The number of nitro benzene ring substituents is 1. The van der Waals surface area contributed by atoms with E-state index < -0.39 is 10.8 Å². The van der Waals surface area contributed by atoms with E-state index in [9.17, 15) is 14.9 Å². The first-order chi connectivity index (χ1) is 12.5. The van der Waals surface area contributed by atoms with E-state index in [1.54, 1.807) is 24.3 Å². The van der Waals surface area contributed by atoms with Crippen molar-refractivity contribution in [2.75, 3.05) is 11.7 Å². The Morgan fingerprint density at radius 3 is 2.58 bits per heavy atom. The van der Waals surface area contributed by atoms with E-state index >= 15 is 0 Å². The number of nitrogens with one attached hydrogen (secondary N) is 1. The van der Waals surface area contributed by atoms with E-state index in [-0.39, 0.29) is 28.9 Å². The molecule has 2 aliphatic rings. The van der Waals surface area contributed by atoms with Crippen LogP contribution in [0, 0.1) is 10.1 Å². The SMILES string of the molecule is O=C1/C(=C\c2cc3c(cc2[N+](=O)[O-])OCO3)NC(=S)N1c1ccccc1. The lowest BCUT2D eigenvalue weighted by Crippen LogP contribution is -2.30. The summed E-state index contributed by atoms with van der Waals surface area (Å²) in [5.74, 6) is 0.287. The van der Waals surface area contributed by atoms with Gasteiger partial charge in [-0.05, 0) is 36.5 Å². The van der Waals surface area contributed by atoms with E-state index in [2.05, 4.69) is 5.32 Å². The lowest BCUT2D eigenvalue weighted by atomic mass is 10.1. The number of fused-ring (bicyclic) bond motifs is 1. The number of nitro groups is 1. The number of rotatable bonds is 3. The highest BCUT2D eigenvalue weighted by Crippen LogP contribution is 2.39. The summed E-state index contributed by atoms with van der Waals surface area (Å²) in [4.78, 5) is 24.9. The molecule has 2 heterocycles. The van der Waals surface area contributed by atoms with Crippen molar-refractivity contribution in [1.82, 2.24) is 5.32 Å². The third-order valence-corrected chi connectivity index (χ3v) is 4.20. The van der Waals surface area contributed by atoms with Crippen LogP contribution >= 0.6 is 12.2 Å². The maximum Gasteiger partial charge on any atom is 0.281 e. The van der Waals surface area contributed by atoms with Gasteiger partial charge >= 0.3 is 0 Å². The minimum absolute atomic E-state index is 0.00440. The molecule has 0 unspecified atom stereocenters. The Balaban J connectivity index is 1.75. The average Bonchev–Trinajstić information content (AvgIpc) is 3.19. The first kappa shape index (κ1) is 16.0. The molecule has 1 saturated heterocycles. The molecule has 0 aliphatic carbocycles. The van der Waals surface area contributed by atoms with Crippen LogP contribution in [0.4, 0.5) is 11.4 Å². The van der Waals surface area contributed by atoms with Crippen molar-refractivity contribution in [3.63, 3.8) is 0 Å². The summed E-state index contributed by atoms with van der Waals surface area (Å²) in [6.45, 7) is -0.00440. The van der Waals surface area contributed by atoms with Gasteiger partial charge in [0.15, 0.2) is 16.6 Å². The summed E-state index contributed by atoms with van der Waals surface area (Å²) in [5.41, 5.74) is 0.771. The number of hydrogen-bond donors (Lipinski definition) is 1. The van der Waals surface area contributed by atoms with Crippen LogP contribution in [0.1, 0.15) is 5.56 Å². The Kier molecular flexibility index (Phi) is 3.77. The molecule has 0 saturated carbocycles. The lowest BCUT2D eigenvalue weighted by Gasteiger charge is -2.13. The first-order valence-corrected chi connectivity index (χ1v) is 7.95. The maximum absolute atomic E-state index is 12.7. The Hall–Kier alpha value is -3.46. The van der Waals surface area contributed by atoms with E-state index in [0.717, 1.165) is 0 Å². The fraction of sp³-hybridized carbons (Fsp3) is 0.0588. The highest BCUT2D eigenvalue weighted by molar-refractivity contribution is 7.80. The van der Waals surface area contributed by atoms with Crippen LogP contribution in [-0.2, 0) is 4.79 Å². The van der Waals surface area contributed by atoms with Crippen LogP contribution in [0.5, 0.6) is 11.5 Å². The van der Waals surface area contributed by atoms with Gasteiger partial charge in [-0.25, -0.2) is 0 Å². The molecule has 2 aliphatic heterocycles. The van der Waals surface area contributed by atoms with Crippen LogP contribution < -0.4 is 19.7 Å². The van der Waals surface area contributed by atoms with Crippen LogP contribution in [-0.4, -0.2) is 22.7 Å². The summed E-state index contributed by atoms with van der Waals surface area (Å²) in [7, 11) is 0. The summed E-state index contributed by atoms with van der Waals surface area (Å²) < 4.78 is 10.4. The smallest absolute Gasteiger partial charge is 0.281 e. The van der Waals surface area contributed by atoms with Crippen LogP contribution in [0.15, 0.2) is 48.2 Å². The Bertz CT molecular complexity index is 974. The molecule has 1 fully saturated rings. The average molecular weight is 369 g/mol. The molecular formula is C17H11N3O5S. The molecule has 1 amide bonds. The molecule has 0 aromatic heterocycles. The van der Waals surface area contributed by atoms with Gasteiger partial charge in [0.25, 0.3) is 11.6 Å². The molecule has 8 nitrogen and oxygen atoms in total. The zero-order valence-electron chi connectivity index (χ0n) is 13.2. The molecule has 130 valence electrons. The van der Waals surface area contributed by atoms with Crippen molar-refractivity contribution < 1.29 is 19.2 Å². The largest absolute Gasteiger partial charge is 0.454 e. The van der Waals surface area contributed by atoms with E-state index in [4.69, 9.17) is 21.7 Å². The van der Waals surface area contributed by atoms with Gasteiger partial charge in [-0.2, -0.15) is 0 Å². The number of ether oxygens (including phenoxy) is 2. The number of para-hydroxylation sites is 1. The van der Waals surface area contributed by atoms with Gasteiger partial charge in [0.2, 0.25) is 6.79 Å². The van der Waals surface area contributed by atoms with Gasteiger partial charge < -0.3 is 14.8 Å². The molecule has 0 bridgehead atoms. The zero-order chi connectivity index (χ0) is 18.3. The van der Waals surface area contributed by atoms with Crippen molar-refractivity contribution in [3.05, 3.63) is 63.8 Å². The van der Waals surface area contributed by atoms with Gasteiger partial charge in [-0.3, -0.25) is 19.8 Å². The number of carbonyl (C=O) groups is 1. The quantitative estimate of drug-likeness (QED) is 0.385. The molecule has 9 heteroatoms. The Labute approximate surface area is 152 Å². The minimum atomic E-state index is -0.541. The van der Waals surface area contributed by atoms with Crippen molar-refractivity contribution in [3.8, 4) is 11.5 Å². The molecule has 26 heavy (non-hydrogen) atoms. The third kappa shape index (κ3) is 2.64. The second-order valence-electron chi connectivity index (χ2n) is 5.49. The van der Waals surface area contributed by atoms with Crippen LogP contribution in [0.2, 0.25) is 0 Å².